The Labute approximate surface area is 170 Å². The number of aryl methyl sites for hydroxylation is 1. The van der Waals surface area contributed by atoms with Crippen molar-refractivity contribution in [3.05, 3.63) is 72.7 Å². The van der Waals surface area contributed by atoms with Crippen LogP contribution in [0, 0.1) is 6.92 Å². The van der Waals surface area contributed by atoms with Crippen molar-refractivity contribution in [1.29, 1.82) is 0 Å². The van der Waals surface area contributed by atoms with E-state index in [-0.39, 0.29) is 5.56 Å². The van der Waals surface area contributed by atoms with Crippen molar-refractivity contribution in [3.8, 4) is 11.1 Å². The Morgan fingerprint density at radius 3 is 2.63 bits per heavy atom. The Morgan fingerprint density at radius 2 is 1.93 bits per heavy atom. The van der Waals surface area contributed by atoms with E-state index >= 15 is 0 Å². The van der Waals surface area contributed by atoms with Gasteiger partial charge in [0.2, 0.25) is 0 Å². The normalized spacial score (nSPS) is 11.6. The van der Waals surface area contributed by atoms with Crippen LogP contribution in [0.2, 0.25) is 5.02 Å². The second-order valence-corrected chi connectivity index (χ2v) is 8.84. The van der Waals surface area contributed by atoms with Crippen LogP contribution in [0.5, 0.6) is 0 Å². The van der Waals surface area contributed by atoms with E-state index in [1.807, 2.05) is 36.7 Å². The molecule has 4 aromatic rings. The third kappa shape index (κ3) is 3.84. The number of aromatic amines is 1. The number of rotatable bonds is 5. The average molecular weight is 416 g/mol. The van der Waals surface area contributed by atoms with Gasteiger partial charge in [0.1, 0.15) is 10.7 Å². The summed E-state index contributed by atoms with van der Waals surface area (Å²) in [6.45, 7) is 3.55. The lowest BCUT2D eigenvalue weighted by molar-refractivity contribution is 0.313. The van der Waals surface area contributed by atoms with Gasteiger partial charge in [-0.25, -0.2) is 4.98 Å². The first-order valence-corrected chi connectivity index (χ1v) is 10.6. The summed E-state index contributed by atoms with van der Waals surface area (Å²) in [6.07, 6.45) is 0. The summed E-state index contributed by atoms with van der Waals surface area (Å²) in [7, 11) is 2.04. The molecule has 0 aliphatic carbocycles. The zero-order chi connectivity index (χ0) is 19.0. The fourth-order valence-electron chi connectivity index (χ4n) is 3.03. The van der Waals surface area contributed by atoms with Crippen molar-refractivity contribution in [3.63, 3.8) is 0 Å². The van der Waals surface area contributed by atoms with Crippen LogP contribution in [0.25, 0.3) is 21.3 Å². The van der Waals surface area contributed by atoms with Gasteiger partial charge in [0.25, 0.3) is 5.56 Å². The lowest BCUT2D eigenvalue weighted by atomic mass is 10.1. The summed E-state index contributed by atoms with van der Waals surface area (Å²) >= 11 is 9.22. The highest BCUT2D eigenvalue weighted by molar-refractivity contribution is 7.17. The molecule has 0 radical (unpaired) electrons. The fraction of sp³-hybridized carbons (Fsp3) is 0.200. The Hall–Kier alpha value is -1.99. The summed E-state index contributed by atoms with van der Waals surface area (Å²) in [5.74, 6) is 0.689. The molecule has 1 N–H and O–H groups in total. The van der Waals surface area contributed by atoms with Crippen LogP contribution in [0.3, 0.4) is 0 Å². The summed E-state index contributed by atoms with van der Waals surface area (Å²) < 4.78 is 0. The smallest absolute Gasteiger partial charge is 0.260 e. The van der Waals surface area contributed by atoms with Gasteiger partial charge in [-0.2, -0.15) is 0 Å². The van der Waals surface area contributed by atoms with E-state index in [0.717, 1.165) is 22.5 Å². The van der Waals surface area contributed by atoms with Crippen molar-refractivity contribution < 1.29 is 0 Å². The van der Waals surface area contributed by atoms with Gasteiger partial charge in [-0.05, 0) is 48.7 Å². The first-order chi connectivity index (χ1) is 13.0. The molecule has 0 fully saturated rings. The van der Waals surface area contributed by atoms with Crippen molar-refractivity contribution in [1.82, 2.24) is 14.9 Å². The van der Waals surface area contributed by atoms with Gasteiger partial charge in [0, 0.05) is 27.4 Å². The molecule has 0 saturated heterocycles. The van der Waals surface area contributed by atoms with E-state index in [0.29, 0.717) is 22.8 Å². The van der Waals surface area contributed by atoms with Crippen molar-refractivity contribution in [2.24, 2.45) is 0 Å². The van der Waals surface area contributed by atoms with Crippen molar-refractivity contribution in [2.45, 2.75) is 20.0 Å². The summed E-state index contributed by atoms with van der Waals surface area (Å²) in [6, 6.07) is 9.64. The molecule has 0 atom stereocenters. The quantitative estimate of drug-likeness (QED) is 0.480. The third-order valence-electron chi connectivity index (χ3n) is 4.45. The van der Waals surface area contributed by atoms with Crippen molar-refractivity contribution >= 4 is 44.5 Å². The molecule has 138 valence electrons. The number of H-pyrrole nitrogens is 1. The van der Waals surface area contributed by atoms with E-state index in [1.54, 1.807) is 11.3 Å². The van der Waals surface area contributed by atoms with E-state index in [2.05, 4.69) is 28.3 Å². The molecule has 0 aliphatic rings. The lowest BCUT2D eigenvalue weighted by Crippen LogP contribution is -2.21. The molecule has 0 unspecified atom stereocenters. The highest BCUT2D eigenvalue weighted by Crippen LogP contribution is 2.31. The number of nitrogens with zero attached hydrogens (tertiary/aromatic N) is 2. The number of halogens is 1. The van der Waals surface area contributed by atoms with E-state index in [1.165, 1.54) is 21.8 Å². The van der Waals surface area contributed by atoms with Crippen molar-refractivity contribution in [2.75, 3.05) is 7.05 Å². The molecule has 4 rings (SSSR count). The Kier molecular flexibility index (Phi) is 5.14. The highest BCUT2D eigenvalue weighted by atomic mass is 35.5. The van der Waals surface area contributed by atoms with Crippen LogP contribution in [0.1, 0.15) is 16.3 Å². The van der Waals surface area contributed by atoms with Gasteiger partial charge < -0.3 is 4.98 Å². The third-order valence-corrected chi connectivity index (χ3v) is 6.58. The maximum atomic E-state index is 12.7. The molecule has 4 nitrogen and oxygen atoms in total. The first-order valence-electron chi connectivity index (χ1n) is 8.49. The van der Waals surface area contributed by atoms with Crippen LogP contribution in [-0.4, -0.2) is 21.9 Å². The monoisotopic (exact) mass is 415 g/mol. The van der Waals surface area contributed by atoms with Crippen LogP contribution in [0.15, 0.2) is 45.9 Å². The maximum Gasteiger partial charge on any atom is 0.260 e. The number of benzene rings is 1. The van der Waals surface area contributed by atoms with E-state index in [4.69, 9.17) is 16.6 Å². The summed E-state index contributed by atoms with van der Waals surface area (Å²) in [5.41, 5.74) is 3.07. The maximum absolute atomic E-state index is 12.7. The van der Waals surface area contributed by atoms with E-state index in [9.17, 15) is 4.79 Å². The standard InChI is InChI=1S/C20H18ClN3OS2/c1-12-7-8-26-16(12)9-24(2)10-17-22-19(25)18-15(11-27-20(18)23-17)13-3-5-14(21)6-4-13/h3-8,11H,9-10H2,1-2H3,(H,22,23,25). The Morgan fingerprint density at radius 1 is 1.15 bits per heavy atom. The molecule has 0 spiro atoms. The van der Waals surface area contributed by atoms with Gasteiger partial charge in [-0.1, -0.05) is 23.7 Å². The molecule has 1 aromatic carbocycles. The number of nitrogens with one attached hydrogen (secondary N) is 1. The molecule has 0 aliphatic heterocycles. The predicted octanol–water partition coefficient (Wildman–Crippen LogP) is 5.31. The second-order valence-electron chi connectivity index (χ2n) is 6.55. The number of thiophene rings is 2. The molecule has 3 aromatic heterocycles. The molecule has 27 heavy (non-hydrogen) atoms. The molecule has 3 heterocycles. The fourth-order valence-corrected chi connectivity index (χ4v) is 5.11. The molecule has 0 amide bonds. The van der Waals surface area contributed by atoms with Gasteiger partial charge in [-0.15, -0.1) is 22.7 Å². The summed E-state index contributed by atoms with van der Waals surface area (Å²) in [4.78, 5) is 24.7. The van der Waals surface area contributed by atoms with Crippen LogP contribution in [0.4, 0.5) is 0 Å². The number of hydrogen-bond acceptors (Lipinski definition) is 5. The highest BCUT2D eigenvalue weighted by Gasteiger charge is 2.14. The second kappa shape index (κ2) is 7.56. The molecular formula is C20H18ClN3OS2. The zero-order valence-corrected chi connectivity index (χ0v) is 17.3. The molecule has 0 saturated carbocycles. The van der Waals surface area contributed by atoms with E-state index < -0.39 is 0 Å². The minimum Gasteiger partial charge on any atom is -0.309 e. The number of fused-ring (bicyclic) bond motifs is 1. The topological polar surface area (TPSA) is 49.0 Å². The average Bonchev–Trinajstić information content (AvgIpc) is 3.22. The number of aromatic nitrogens is 2. The van der Waals surface area contributed by atoms with Crippen LogP contribution >= 0.6 is 34.3 Å². The van der Waals surface area contributed by atoms with Gasteiger partial charge >= 0.3 is 0 Å². The minimum absolute atomic E-state index is 0.0955. The van der Waals surface area contributed by atoms with Gasteiger partial charge in [0.05, 0.1) is 11.9 Å². The number of hydrogen-bond donors (Lipinski definition) is 1. The zero-order valence-electron chi connectivity index (χ0n) is 15.0. The molecule has 0 bridgehead atoms. The molecule has 7 heteroatoms. The SMILES string of the molecule is Cc1ccsc1CN(C)Cc1nc2scc(-c3ccc(Cl)cc3)c2c(=O)[nH]1. The summed E-state index contributed by atoms with van der Waals surface area (Å²) in [5, 5.41) is 5.41. The van der Waals surface area contributed by atoms with Crippen LogP contribution < -0.4 is 5.56 Å². The lowest BCUT2D eigenvalue weighted by Gasteiger charge is -2.15. The van der Waals surface area contributed by atoms with Crippen LogP contribution in [-0.2, 0) is 13.1 Å². The Balaban J connectivity index is 1.62. The largest absolute Gasteiger partial charge is 0.309 e. The minimum atomic E-state index is -0.0955. The van der Waals surface area contributed by atoms with Gasteiger partial charge in [-0.3, -0.25) is 9.69 Å². The predicted molar refractivity (Wildman–Crippen MR) is 115 cm³/mol. The Bertz CT molecular complexity index is 1140. The van der Waals surface area contributed by atoms with Gasteiger partial charge in [0.15, 0.2) is 0 Å². The molecular weight excluding hydrogens is 398 g/mol. The first kappa shape index (κ1) is 18.4.